The lowest BCUT2D eigenvalue weighted by Crippen LogP contribution is -2.27. The highest BCUT2D eigenvalue weighted by atomic mass is 35.5. The molecule has 1 amide bonds. The van der Waals surface area contributed by atoms with E-state index in [1.807, 2.05) is 31.2 Å². The number of aryl methyl sites for hydroxylation is 1. The molecule has 0 saturated carbocycles. The second-order valence-corrected chi connectivity index (χ2v) is 3.81. The third kappa shape index (κ3) is 2.49. The molecule has 0 aliphatic carbocycles. The van der Waals surface area contributed by atoms with Crippen molar-refractivity contribution < 1.29 is 4.79 Å². The highest BCUT2D eigenvalue weighted by molar-refractivity contribution is 5.96. The Hall–Kier alpha value is -1.06. The minimum atomic E-state index is -0.0111. The molecule has 3 nitrogen and oxygen atoms in total. The molecule has 1 unspecified atom stereocenters. The standard InChI is InChI=1S/C11H14N2O.ClH/c1-8-3-2-4-10(5-8)13-7-9(12)6-11(13)14;/h2-5,9H,6-7,12H2,1H3;1H. The first-order valence-corrected chi connectivity index (χ1v) is 4.79. The van der Waals surface area contributed by atoms with Gasteiger partial charge in [0.2, 0.25) is 5.91 Å². The van der Waals surface area contributed by atoms with Gasteiger partial charge in [0.1, 0.15) is 0 Å². The van der Waals surface area contributed by atoms with Gasteiger partial charge in [-0.3, -0.25) is 4.79 Å². The Balaban J connectivity index is 0.00000112. The van der Waals surface area contributed by atoms with E-state index in [0.717, 1.165) is 11.3 Å². The van der Waals surface area contributed by atoms with Gasteiger partial charge in [0.25, 0.3) is 0 Å². The topological polar surface area (TPSA) is 46.3 Å². The van der Waals surface area contributed by atoms with E-state index >= 15 is 0 Å². The highest BCUT2D eigenvalue weighted by Crippen LogP contribution is 2.21. The summed E-state index contributed by atoms with van der Waals surface area (Å²) in [5, 5.41) is 0. The summed E-state index contributed by atoms with van der Waals surface area (Å²) in [6, 6.07) is 7.92. The summed E-state index contributed by atoms with van der Waals surface area (Å²) in [6.07, 6.45) is 0.466. The summed E-state index contributed by atoms with van der Waals surface area (Å²) >= 11 is 0. The predicted octanol–water partition coefficient (Wildman–Crippen LogP) is 1.48. The van der Waals surface area contributed by atoms with Crippen molar-refractivity contribution in [2.24, 2.45) is 5.73 Å². The minimum absolute atomic E-state index is 0. The van der Waals surface area contributed by atoms with Crippen molar-refractivity contribution in [1.29, 1.82) is 0 Å². The lowest BCUT2D eigenvalue weighted by atomic mass is 10.2. The smallest absolute Gasteiger partial charge is 0.228 e. The van der Waals surface area contributed by atoms with E-state index in [9.17, 15) is 4.79 Å². The number of halogens is 1. The molecule has 1 atom stereocenters. The molecule has 0 radical (unpaired) electrons. The van der Waals surface area contributed by atoms with E-state index in [1.165, 1.54) is 0 Å². The van der Waals surface area contributed by atoms with Crippen molar-refractivity contribution >= 4 is 24.0 Å². The van der Waals surface area contributed by atoms with Crippen LogP contribution in [-0.2, 0) is 4.79 Å². The van der Waals surface area contributed by atoms with Gasteiger partial charge in [-0.2, -0.15) is 0 Å². The summed E-state index contributed by atoms with van der Waals surface area (Å²) in [5.74, 6) is 0.128. The number of hydrogen-bond acceptors (Lipinski definition) is 2. The fourth-order valence-electron chi connectivity index (χ4n) is 1.78. The molecular weight excluding hydrogens is 212 g/mol. The molecule has 2 rings (SSSR count). The van der Waals surface area contributed by atoms with Crippen LogP contribution >= 0.6 is 12.4 Å². The average Bonchev–Trinajstić information content (AvgIpc) is 2.45. The van der Waals surface area contributed by atoms with Gasteiger partial charge in [-0.25, -0.2) is 0 Å². The quantitative estimate of drug-likeness (QED) is 0.789. The molecular formula is C11H15ClN2O. The summed E-state index contributed by atoms with van der Waals surface area (Å²) in [6.45, 7) is 2.66. The highest BCUT2D eigenvalue weighted by Gasteiger charge is 2.27. The molecule has 0 bridgehead atoms. The maximum absolute atomic E-state index is 11.5. The number of amides is 1. The number of nitrogens with two attached hydrogens (primary N) is 1. The normalized spacial score (nSPS) is 20.3. The predicted molar refractivity (Wildman–Crippen MR) is 63.4 cm³/mol. The van der Waals surface area contributed by atoms with E-state index in [2.05, 4.69) is 0 Å². The average molecular weight is 227 g/mol. The van der Waals surface area contributed by atoms with Crippen LogP contribution in [-0.4, -0.2) is 18.5 Å². The Morgan fingerprint density at radius 2 is 2.20 bits per heavy atom. The molecule has 0 spiro atoms. The van der Waals surface area contributed by atoms with Crippen LogP contribution in [0, 0.1) is 6.92 Å². The lowest BCUT2D eigenvalue weighted by molar-refractivity contribution is -0.117. The molecule has 4 heteroatoms. The molecule has 2 N–H and O–H groups in total. The number of carbonyl (C=O) groups is 1. The minimum Gasteiger partial charge on any atom is -0.326 e. The van der Waals surface area contributed by atoms with Crippen molar-refractivity contribution in [3.63, 3.8) is 0 Å². The van der Waals surface area contributed by atoms with E-state index in [1.54, 1.807) is 4.90 Å². The lowest BCUT2D eigenvalue weighted by Gasteiger charge is -2.16. The van der Waals surface area contributed by atoms with Crippen molar-refractivity contribution in [2.45, 2.75) is 19.4 Å². The maximum Gasteiger partial charge on any atom is 0.228 e. The van der Waals surface area contributed by atoms with Gasteiger partial charge in [-0.1, -0.05) is 12.1 Å². The van der Waals surface area contributed by atoms with Crippen molar-refractivity contribution in [1.82, 2.24) is 0 Å². The van der Waals surface area contributed by atoms with Crippen LogP contribution in [0.3, 0.4) is 0 Å². The summed E-state index contributed by atoms with van der Waals surface area (Å²) in [4.78, 5) is 13.3. The zero-order chi connectivity index (χ0) is 10.1. The van der Waals surface area contributed by atoms with Gasteiger partial charge in [-0.05, 0) is 24.6 Å². The van der Waals surface area contributed by atoms with Crippen LogP contribution in [0.4, 0.5) is 5.69 Å². The molecule has 15 heavy (non-hydrogen) atoms. The van der Waals surface area contributed by atoms with Gasteiger partial charge in [-0.15, -0.1) is 12.4 Å². The molecule has 82 valence electrons. The van der Waals surface area contributed by atoms with Crippen molar-refractivity contribution in [2.75, 3.05) is 11.4 Å². The van der Waals surface area contributed by atoms with Crippen LogP contribution < -0.4 is 10.6 Å². The fraction of sp³-hybridized carbons (Fsp3) is 0.364. The number of rotatable bonds is 1. The summed E-state index contributed by atoms with van der Waals surface area (Å²) in [5.41, 5.74) is 7.85. The first-order valence-electron chi connectivity index (χ1n) is 4.79. The van der Waals surface area contributed by atoms with Crippen LogP contribution in [0.15, 0.2) is 24.3 Å². The fourth-order valence-corrected chi connectivity index (χ4v) is 1.78. The van der Waals surface area contributed by atoms with E-state index < -0.39 is 0 Å². The van der Waals surface area contributed by atoms with Crippen LogP contribution in [0.25, 0.3) is 0 Å². The molecule has 1 aromatic rings. The second kappa shape index (κ2) is 4.64. The first kappa shape index (κ1) is 12.0. The zero-order valence-electron chi connectivity index (χ0n) is 8.64. The molecule has 1 aliphatic rings. The van der Waals surface area contributed by atoms with Crippen molar-refractivity contribution in [3.8, 4) is 0 Å². The number of hydrogen-bond donors (Lipinski definition) is 1. The van der Waals surface area contributed by atoms with Gasteiger partial charge in [0.15, 0.2) is 0 Å². The summed E-state index contributed by atoms with van der Waals surface area (Å²) < 4.78 is 0. The third-order valence-electron chi connectivity index (χ3n) is 2.47. The van der Waals surface area contributed by atoms with Crippen LogP contribution in [0.5, 0.6) is 0 Å². The van der Waals surface area contributed by atoms with E-state index in [-0.39, 0.29) is 24.4 Å². The Labute approximate surface area is 95.7 Å². The van der Waals surface area contributed by atoms with Gasteiger partial charge < -0.3 is 10.6 Å². The zero-order valence-corrected chi connectivity index (χ0v) is 9.46. The number of benzene rings is 1. The monoisotopic (exact) mass is 226 g/mol. The number of nitrogens with zero attached hydrogens (tertiary/aromatic N) is 1. The number of anilines is 1. The molecule has 1 fully saturated rings. The van der Waals surface area contributed by atoms with Gasteiger partial charge in [0, 0.05) is 24.7 Å². The summed E-state index contributed by atoms with van der Waals surface area (Å²) in [7, 11) is 0. The Kier molecular flexibility index (Phi) is 3.72. The van der Waals surface area contributed by atoms with Crippen LogP contribution in [0.1, 0.15) is 12.0 Å². The second-order valence-electron chi connectivity index (χ2n) is 3.81. The van der Waals surface area contributed by atoms with Crippen molar-refractivity contribution in [3.05, 3.63) is 29.8 Å². The third-order valence-corrected chi connectivity index (χ3v) is 2.47. The Bertz CT molecular complexity index is 367. The molecule has 1 saturated heterocycles. The van der Waals surface area contributed by atoms with Crippen LogP contribution in [0.2, 0.25) is 0 Å². The molecule has 0 aromatic heterocycles. The largest absolute Gasteiger partial charge is 0.326 e. The Morgan fingerprint density at radius 3 is 2.73 bits per heavy atom. The number of carbonyl (C=O) groups excluding carboxylic acids is 1. The van der Waals surface area contributed by atoms with Gasteiger partial charge in [0.05, 0.1) is 0 Å². The Morgan fingerprint density at radius 1 is 1.47 bits per heavy atom. The SMILES string of the molecule is Cc1cccc(N2CC(N)CC2=O)c1.Cl. The first-order chi connectivity index (χ1) is 6.66. The van der Waals surface area contributed by atoms with E-state index in [0.29, 0.717) is 13.0 Å². The van der Waals surface area contributed by atoms with E-state index in [4.69, 9.17) is 5.73 Å². The molecule has 1 aliphatic heterocycles. The van der Waals surface area contributed by atoms with Gasteiger partial charge >= 0.3 is 0 Å². The molecule has 1 aromatic carbocycles. The molecule has 1 heterocycles. The maximum atomic E-state index is 11.5.